The molecule has 2 fully saturated rings. The summed E-state index contributed by atoms with van der Waals surface area (Å²) < 4.78 is 15.9. The van der Waals surface area contributed by atoms with E-state index in [4.69, 9.17) is 19.6 Å². The first kappa shape index (κ1) is 26.1. The Morgan fingerprint density at radius 2 is 1.98 bits per heavy atom. The van der Waals surface area contributed by atoms with Crippen molar-refractivity contribution in [1.82, 2.24) is 34.6 Å². The minimum atomic E-state index is -0.0631. The van der Waals surface area contributed by atoms with Gasteiger partial charge in [0, 0.05) is 48.9 Å². The molecular formula is C28H35N9O3. The number of amides is 1. The molecule has 40 heavy (non-hydrogen) atoms. The van der Waals surface area contributed by atoms with E-state index >= 15 is 0 Å². The number of anilines is 3. The van der Waals surface area contributed by atoms with Crippen molar-refractivity contribution in [3.05, 3.63) is 36.3 Å². The van der Waals surface area contributed by atoms with Gasteiger partial charge in [-0.25, -0.2) is 9.97 Å². The van der Waals surface area contributed by atoms with Crippen LogP contribution >= 0.6 is 0 Å². The van der Waals surface area contributed by atoms with Crippen molar-refractivity contribution in [1.29, 1.82) is 0 Å². The molecule has 12 heteroatoms. The highest BCUT2D eigenvalue weighted by atomic mass is 16.5. The van der Waals surface area contributed by atoms with Crippen molar-refractivity contribution in [3.8, 4) is 17.2 Å². The van der Waals surface area contributed by atoms with Gasteiger partial charge in [0.05, 0.1) is 19.3 Å². The second kappa shape index (κ2) is 10.1. The number of nitrogens with zero attached hydrogens (tertiary/aromatic N) is 6. The summed E-state index contributed by atoms with van der Waals surface area (Å²) >= 11 is 0. The topological polar surface area (TPSA) is 133 Å². The third-order valence-corrected chi connectivity index (χ3v) is 7.31. The van der Waals surface area contributed by atoms with Crippen LogP contribution in [0.4, 0.5) is 17.6 Å². The first-order chi connectivity index (χ1) is 19.2. The average molecular weight is 546 g/mol. The molecule has 210 valence electrons. The summed E-state index contributed by atoms with van der Waals surface area (Å²) in [5, 5.41) is 14.6. The maximum absolute atomic E-state index is 12.2. The van der Waals surface area contributed by atoms with E-state index in [0.717, 1.165) is 38.2 Å². The summed E-state index contributed by atoms with van der Waals surface area (Å²) in [6.07, 6.45) is 6.07. The SMILES string of the molecule is COc1c(Oc2ccnc(NC(=O)C3CC3)c2)cnc2nc(Nc3cc(C(C)(C)C)n(C4CCNC4)n3)n(C)c12. The van der Waals surface area contributed by atoms with Crippen molar-refractivity contribution in [2.45, 2.75) is 51.5 Å². The summed E-state index contributed by atoms with van der Waals surface area (Å²) in [4.78, 5) is 25.6. The molecule has 1 atom stereocenters. The van der Waals surface area contributed by atoms with E-state index in [2.05, 4.69) is 57.4 Å². The van der Waals surface area contributed by atoms with Crippen LogP contribution < -0.4 is 25.4 Å². The van der Waals surface area contributed by atoms with Crippen molar-refractivity contribution in [2.75, 3.05) is 30.8 Å². The quantitative estimate of drug-likeness (QED) is 0.297. The summed E-state index contributed by atoms with van der Waals surface area (Å²) in [5.41, 5.74) is 2.29. The lowest BCUT2D eigenvalue weighted by molar-refractivity contribution is -0.117. The molecule has 4 aromatic heterocycles. The Morgan fingerprint density at radius 1 is 1.15 bits per heavy atom. The highest BCUT2D eigenvalue weighted by Gasteiger charge is 2.30. The van der Waals surface area contributed by atoms with E-state index in [1.807, 2.05) is 11.6 Å². The number of fused-ring (bicyclic) bond motifs is 1. The molecule has 1 saturated carbocycles. The maximum atomic E-state index is 12.2. The van der Waals surface area contributed by atoms with Crippen molar-refractivity contribution >= 4 is 34.7 Å². The number of carbonyl (C=O) groups is 1. The Kier molecular flexibility index (Phi) is 6.57. The number of methoxy groups -OCH3 is 1. The van der Waals surface area contributed by atoms with Gasteiger partial charge in [-0.3, -0.25) is 9.48 Å². The Hall–Kier alpha value is -4.19. The van der Waals surface area contributed by atoms with Crippen LogP contribution in [0.15, 0.2) is 30.6 Å². The molecule has 1 unspecified atom stereocenters. The molecule has 0 radical (unpaired) electrons. The molecule has 1 aliphatic heterocycles. The van der Waals surface area contributed by atoms with Crippen LogP contribution in [0, 0.1) is 5.92 Å². The van der Waals surface area contributed by atoms with Gasteiger partial charge in [-0.15, -0.1) is 0 Å². The predicted octanol–water partition coefficient (Wildman–Crippen LogP) is 4.28. The van der Waals surface area contributed by atoms with Crippen molar-refractivity contribution in [2.24, 2.45) is 13.0 Å². The van der Waals surface area contributed by atoms with Crippen molar-refractivity contribution < 1.29 is 14.3 Å². The lowest BCUT2D eigenvalue weighted by Crippen LogP contribution is -2.23. The number of hydrogen-bond acceptors (Lipinski definition) is 9. The summed E-state index contributed by atoms with van der Waals surface area (Å²) in [7, 11) is 3.48. The highest BCUT2D eigenvalue weighted by Crippen LogP contribution is 2.39. The molecule has 3 N–H and O–H groups in total. The highest BCUT2D eigenvalue weighted by molar-refractivity contribution is 5.93. The lowest BCUT2D eigenvalue weighted by Gasteiger charge is -2.23. The van der Waals surface area contributed by atoms with E-state index in [1.54, 1.807) is 31.6 Å². The lowest BCUT2D eigenvalue weighted by atomic mass is 9.91. The summed E-state index contributed by atoms with van der Waals surface area (Å²) in [5.74, 6) is 3.23. The smallest absolute Gasteiger partial charge is 0.228 e. The second-order valence-electron chi connectivity index (χ2n) is 11.4. The van der Waals surface area contributed by atoms with Gasteiger partial charge in [-0.05, 0) is 31.9 Å². The maximum Gasteiger partial charge on any atom is 0.228 e. The van der Waals surface area contributed by atoms with Crippen LogP contribution in [0.5, 0.6) is 17.2 Å². The molecule has 4 aromatic rings. The number of nitrogens with one attached hydrogen (secondary N) is 3. The van der Waals surface area contributed by atoms with E-state index in [9.17, 15) is 4.79 Å². The molecular weight excluding hydrogens is 510 g/mol. The fourth-order valence-electron chi connectivity index (χ4n) is 5.01. The van der Waals surface area contributed by atoms with Gasteiger partial charge in [0.2, 0.25) is 11.9 Å². The van der Waals surface area contributed by atoms with Crippen LogP contribution in [0.1, 0.15) is 51.8 Å². The first-order valence-corrected chi connectivity index (χ1v) is 13.6. The van der Waals surface area contributed by atoms with E-state index in [1.165, 1.54) is 5.69 Å². The number of aryl methyl sites for hydroxylation is 1. The first-order valence-electron chi connectivity index (χ1n) is 13.6. The number of carbonyl (C=O) groups excluding carboxylic acids is 1. The fraction of sp³-hybridized carbons (Fsp3) is 0.464. The van der Waals surface area contributed by atoms with Crippen LogP contribution in [0.2, 0.25) is 0 Å². The molecule has 1 amide bonds. The minimum absolute atomic E-state index is 0.0143. The van der Waals surface area contributed by atoms with Crippen LogP contribution in [0.3, 0.4) is 0 Å². The predicted molar refractivity (Wildman–Crippen MR) is 151 cm³/mol. The number of rotatable bonds is 8. The molecule has 6 rings (SSSR count). The third kappa shape index (κ3) is 5.06. The van der Waals surface area contributed by atoms with Crippen LogP contribution in [0.25, 0.3) is 11.2 Å². The number of hydrogen-bond donors (Lipinski definition) is 3. The minimum Gasteiger partial charge on any atom is -0.491 e. The fourth-order valence-corrected chi connectivity index (χ4v) is 5.01. The number of ether oxygens (including phenoxy) is 2. The number of imidazole rings is 1. The van der Waals surface area contributed by atoms with Crippen LogP contribution in [-0.2, 0) is 17.3 Å². The van der Waals surface area contributed by atoms with E-state index in [-0.39, 0.29) is 17.2 Å². The Morgan fingerprint density at radius 3 is 2.67 bits per heavy atom. The van der Waals surface area contributed by atoms with Gasteiger partial charge in [0.1, 0.15) is 17.1 Å². The number of aromatic nitrogens is 6. The molecule has 0 bridgehead atoms. The molecule has 12 nitrogen and oxygen atoms in total. The summed E-state index contributed by atoms with van der Waals surface area (Å²) in [6.45, 7) is 8.50. The Labute approximate surface area is 232 Å². The van der Waals surface area contributed by atoms with E-state index < -0.39 is 0 Å². The largest absolute Gasteiger partial charge is 0.491 e. The second-order valence-corrected chi connectivity index (χ2v) is 11.4. The zero-order valence-electron chi connectivity index (χ0n) is 23.5. The van der Waals surface area contributed by atoms with Gasteiger partial charge in [-0.2, -0.15) is 10.1 Å². The van der Waals surface area contributed by atoms with E-state index in [0.29, 0.717) is 46.2 Å². The monoisotopic (exact) mass is 545 g/mol. The Balaban J connectivity index is 1.28. The van der Waals surface area contributed by atoms with Gasteiger partial charge in [0.15, 0.2) is 23.0 Å². The molecule has 5 heterocycles. The zero-order valence-corrected chi connectivity index (χ0v) is 23.5. The van der Waals surface area contributed by atoms with Crippen molar-refractivity contribution in [3.63, 3.8) is 0 Å². The molecule has 1 aliphatic carbocycles. The number of pyridine rings is 2. The van der Waals surface area contributed by atoms with Gasteiger partial charge < -0.3 is 30.0 Å². The van der Waals surface area contributed by atoms with Crippen LogP contribution in [-0.4, -0.2) is 55.4 Å². The molecule has 0 spiro atoms. The average Bonchev–Trinajstić information content (AvgIpc) is 3.31. The zero-order chi connectivity index (χ0) is 28.0. The molecule has 1 saturated heterocycles. The molecule has 2 aliphatic rings. The van der Waals surface area contributed by atoms with Gasteiger partial charge in [0.25, 0.3) is 0 Å². The summed E-state index contributed by atoms with van der Waals surface area (Å²) in [6, 6.07) is 5.82. The standard InChI is InChI=1S/C28H35N9O3/c1-28(2,3)20-13-22(35-37(20)17-8-10-29-14-17)33-27-34-25-23(36(27)4)24(39-5)19(15-31-25)40-18-9-11-30-21(12-18)32-26(38)16-6-7-16/h9,11-13,15-17,29H,6-8,10,14H2,1-5H3,(H,30,32,38)(H,31,33,34,35). The molecule has 0 aromatic carbocycles. The third-order valence-electron chi connectivity index (χ3n) is 7.31. The normalized spacial score (nSPS) is 17.3. The Bertz CT molecular complexity index is 1560. The van der Waals surface area contributed by atoms with Gasteiger partial charge >= 0.3 is 0 Å². The van der Waals surface area contributed by atoms with Gasteiger partial charge in [-0.1, -0.05) is 20.8 Å².